The van der Waals surface area contributed by atoms with Crippen molar-refractivity contribution in [1.82, 2.24) is 9.78 Å². The van der Waals surface area contributed by atoms with Gasteiger partial charge in [0.25, 0.3) is 5.82 Å². The van der Waals surface area contributed by atoms with Gasteiger partial charge in [-0.2, -0.15) is 0 Å². The summed E-state index contributed by atoms with van der Waals surface area (Å²) >= 11 is 6.89. The second kappa shape index (κ2) is 9.22. The Morgan fingerprint density at radius 3 is 2.41 bits per heavy atom. The average Bonchev–Trinajstić information content (AvgIpc) is 2.89. The van der Waals surface area contributed by atoms with Crippen molar-refractivity contribution >= 4 is 43.3 Å². The Morgan fingerprint density at radius 1 is 1.00 bits per heavy atom. The van der Waals surface area contributed by atoms with Crippen LogP contribution in [0.25, 0.3) is 0 Å². The third-order valence-electron chi connectivity index (χ3n) is 5.19. The van der Waals surface area contributed by atoms with E-state index in [0.717, 1.165) is 52.1 Å². The molecule has 150 valence electrons. The lowest BCUT2D eigenvalue weighted by Gasteiger charge is -2.04. The van der Waals surface area contributed by atoms with Gasteiger partial charge in [0, 0.05) is 31.7 Å². The summed E-state index contributed by atoms with van der Waals surface area (Å²) in [6.07, 6.45) is 4.45. The Hall–Kier alpha value is -1.99. The topological polar surface area (TPSA) is 50.8 Å². The smallest absolute Gasteiger partial charge is 0.296 e. The van der Waals surface area contributed by atoms with Gasteiger partial charge in [-0.15, -0.1) is 4.68 Å². The molecule has 0 saturated carbocycles. The molecule has 0 spiro atoms. The predicted molar refractivity (Wildman–Crippen MR) is 120 cm³/mol. The fraction of sp³-hybridized carbons (Fsp3) is 0.318. The standard InChI is InChI=1S/C22H23Br2N4O/c23-17-7-5-16(6-8-17)20(29)15-28-22-4-2-1-3-13-27(22)21(26-28)14-25-19-11-9-18(24)10-12-19/h5-12,25H,1-4,13-15H2/q+1. The van der Waals surface area contributed by atoms with Crippen LogP contribution >= 0.6 is 31.9 Å². The van der Waals surface area contributed by atoms with Crippen LogP contribution in [0.1, 0.15) is 41.3 Å². The number of ketones is 1. The van der Waals surface area contributed by atoms with Crippen molar-refractivity contribution in [3.63, 3.8) is 0 Å². The summed E-state index contributed by atoms with van der Waals surface area (Å²) in [6.45, 7) is 1.86. The summed E-state index contributed by atoms with van der Waals surface area (Å²) in [7, 11) is 0. The molecule has 0 amide bonds. The first-order valence-corrected chi connectivity index (χ1v) is 11.5. The van der Waals surface area contributed by atoms with Crippen LogP contribution in [0.4, 0.5) is 5.69 Å². The highest BCUT2D eigenvalue weighted by Gasteiger charge is 2.28. The van der Waals surface area contributed by atoms with Crippen LogP contribution in [-0.2, 0) is 26.1 Å². The highest BCUT2D eigenvalue weighted by atomic mass is 79.9. The molecule has 0 bridgehead atoms. The number of hydrogen-bond donors (Lipinski definition) is 1. The molecule has 0 atom stereocenters. The van der Waals surface area contributed by atoms with E-state index in [1.807, 2.05) is 53.2 Å². The molecular formula is C22H23Br2N4O+. The van der Waals surface area contributed by atoms with Gasteiger partial charge in [-0.25, -0.2) is 4.57 Å². The summed E-state index contributed by atoms with van der Waals surface area (Å²) < 4.78 is 6.24. The van der Waals surface area contributed by atoms with Crippen molar-refractivity contribution in [2.45, 2.75) is 45.3 Å². The zero-order chi connectivity index (χ0) is 20.2. The van der Waals surface area contributed by atoms with Crippen LogP contribution in [0, 0.1) is 0 Å². The number of nitrogens with zero attached hydrogens (tertiary/aromatic N) is 3. The molecule has 29 heavy (non-hydrogen) atoms. The van der Waals surface area contributed by atoms with Crippen molar-refractivity contribution < 1.29 is 9.36 Å². The Bertz CT molecular complexity index is 997. The van der Waals surface area contributed by atoms with Crippen LogP contribution in [0.3, 0.4) is 0 Å². The van der Waals surface area contributed by atoms with E-state index in [2.05, 4.69) is 41.7 Å². The van der Waals surface area contributed by atoms with Gasteiger partial charge in [-0.3, -0.25) is 4.79 Å². The Labute approximate surface area is 187 Å². The summed E-state index contributed by atoms with van der Waals surface area (Å²) in [6, 6.07) is 15.6. The number of rotatable bonds is 6. The van der Waals surface area contributed by atoms with E-state index in [4.69, 9.17) is 5.10 Å². The first-order chi connectivity index (χ1) is 14.1. The Balaban J connectivity index is 1.56. The summed E-state index contributed by atoms with van der Waals surface area (Å²) in [5.41, 5.74) is 1.77. The van der Waals surface area contributed by atoms with Crippen molar-refractivity contribution in [3.05, 3.63) is 74.7 Å². The molecule has 1 aliphatic heterocycles. The molecule has 2 heterocycles. The number of fused-ring (bicyclic) bond motifs is 1. The molecular weight excluding hydrogens is 496 g/mol. The van der Waals surface area contributed by atoms with E-state index in [0.29, 0.717) is 12.1 Å². The molecule has 1 aliphatic rings. The third kappa shape index (κ3) is 4.95. The van der Waals surface area contributed by atoms with E-state index in [1.165, 1.54) is 6.42 Å². The van der Waals surface area contributed by atoms with E-state index in [9.17, 15) is 4.79 Å². The molecule has 2 aromatic carbocycles. The fourth-order valence-electron chi connectivity index (χ4n) is 3.66. The number of halogens is 2. The number of nitrogens with one attached hydrogen (secondary N) is 1. The molecule has 5 nitrogen and oxygen atoms in total. The SMILES string of the molecule is O=C(Cn1nc(CNc2ccc(Br)cc2)[n+]2c1CCCCC2)c1ccc(Br)cc1. The largest absolute Gasteiger partial charge is 0.375 e. The zero-order valence-corrected chi connectivity index (χ0v) is 19.2. The summed E-state index contributed by atoms with van der Waals surface area (Å²) in [5.74, 6) is 2.22. The summed E-state index contributed by atoms with van der Waals surface area (Å²) in [5, 5.41) is 8.28. The minimum atomic E-state index is 0.0834. The molecule has 0 fully saturated rings. The Kier molecular flexibility index (Phi) is 6.45. The van der Waals surface area contributed by atoms with Gasteiger partial charge in [-0.05, 0) is 55.7 Å². The van der Waals surface area contributed by atoms with E-state index < -0.39 is 0 Å². The van der Waals surface area contributed by atoms with E-state index in [-0.39, 0.29) is 12.3 Å². The minimum Gasteiger partial charge on any atom is -0.375 e. The lowest BCUT2D eigenvalue weighted by atomic mass is 10.1. The monoisotopic (exact) mass is 517 g/mol. The van der Waals surface area contributed by atoms with Crippen LogP contribution in [0.2, 0.25) is 0 Å². The second-order valence-corrected chi connectivity index (χ2v) is 9.07. The third-order valence-corrected chi connectivity index (χ3v) is 6.25. The highest BCUT2D eigenvalue weighted by molar-refractivity contribution is 9.10. The van der Waals surface area contributed by atoms with Crippen molar-refractivity contribution in [3.8, 4) is 0 Å². The lowest BCUT2D eigenvalue weighted by molar-refractivity contribution is -0.710. The van der Waals surface area contributed by atoms with Crippen molar-refractivity contribution in [2.75, 3.05) is 5.32 Å². The van der Waals surface area contributed by atoms with E-state index >= 15 is 0 Å². The van der Waals surface area contributed by atoms with Crippen molar-refractivity contribution in [1.29, 1.82) is 0 Å². The molecule has 0 aliphatic carbocycles. The van der Waals surface area contributed by atoms with Gasteiger partial charge in [0.15, 0.2) is 12.3 Å². The fourth-order valence-corrected chi connectivity index (χ4v) is 4.19. The van der Waals surface area contributed by atoms with Gasteiger partial charge in [0.05, 0.1) is 6.54 Å². The van der Waals surface area contributed by atoms with Gasteiger partial charge < -0.3 is 5.32 Å². The first-order valence-electron chi connectivity index (χ1n) is 9.87. The molecule has 1 N–H and O–H groups in total. The normalized spacial score (nSPS) is 13.6. The van der Waals surface area contributed by atoms with Gasteiger partial charge >= 0.3 is 0 Å². The number of anilines is 1. The average molecular weight is 519 g/mol. The minimum absolute atomic E-state index is 0.0834. The number of hydrogen-bond acceptors (Lipinski definition) is 3. The number of aromatic nitrogens is 3. The molecule has 0 radical (unpaired) electrons. The lowest BCUT2D eigenvalue weighted by Crippen LogP contribution is -2.41. The molecule has 7 heteroatoms. The van der Waals surface area contributed by atoms with Gasteiger partial charge in [-0.1, -0.05) is 44.0 Å². The van der Waals surface area contributed by atoms with Crippen LogP contribution < -0.4 is 9.88 Å². The number of benzene rings is 2. The maximum atomic E-state index is 12.8. The summed E-state index contributed by atoms with van der Waals surface area (Å²) in [4.78, 5) is 12.8. The molecule has 4 rings (SSSR count). The maximum absolute atomic E-state index is 12.8. The first kappa shape index (κ1) is 20.3. The maximum Gasteiger partial charge on any atom is 0.296 e. The number of Topliss-reactive ketones (excluding diaryl/α,β-unsaturated/α-hetero) is 1. The molecule has 0 saturated heterocycles. The van der Waals surface area contributed by atoms with Gasteiger partial charge in [0.1, 0.15) is 6.54 Å². The van der Waals surface area contributed by atoms with Gasteiger partial charge in [0.2, 0.25) is 5.82 Å². The second-order valence-electron chi connectivity index (χ2n) is 7.24. The van der Waals surface area contributed by atoms with Crippen LogP contribution in [0.5, 0.6) is 0 Å². The Morgan fingerprint density at radius 2 is 1.69 bits per heavy atom. The van der Waals surface area contributed by atoms with Crippen LogP contribution in [-0.4, -0.2) is 15.6 Å². The predicted octanol–water partition coefficient (Wildman–Crippen LogP) is 4.92. The van der Waals surface area contributed by atoms with Crippen molar-refractivity contribution in [2.24, 2.45) is 0 Å². The molecule has 0 unspecified atom stereocenters. The molecule has 1 aromatic heterocycles. The quantitative estimate of drug-likeness (QED) is 0.372. The highest BCUT2D eigenvalue weighted by Crippen LogP contribution is 2.16. The number of carbonyl (C=O) groups excluding carboxylic acids is 1. The van der Waals surface area contributed by atoms with Crippen LogP contribution in [0.15, 0.2) is 57.5 Å². The number of carbonyl (C=O) groups is 1. The van der Waals surface area contributed by atoms with E-state index in [1.54, 1.807) is 0 Å². The zero-order valence-electron chi connectivity index (χ0n) is 16.1. The molecule has 3 aromatic rings.